The normalized spacial score (nSPS) is 21.4. The fourth-order valence-electron chi connectivity index (χ4n) is 3.41. The first kappa shape index (κ1) is 16.0. The molecule has 23 heavy (non-hydrogen) atoms. The first-order chi connectivity index (χ1) is 11.3. The van der Waals surface area contributed by atoms with Gasteiger partial charge in [0.2, 0.25) is 0 Å². The van der Waals surface area contributed by atoms with Crippen LogP contribution in [0, 0.1) is 11.7 Å². The summed E-state index contributed by atoms with van der Waals surface area (Å²) >= 11 is 0. The van der Waals surface area contributed by atoms with Gasteiger partial charge in [0.05, 0.1) is 5.69 Å². The SMILES string of the molecule is CCC1CC(NCc2ccccc2)CN(c2ccccc2F)C1. The zero-order chi connectivity index (χ0) is 16.1. The number of nitrogens with one attached hydrogen (secondary N) is 1. The zero-order valence-electron chi connectivity index (χ0n) is 13.7. The summed E-state index contributed by atoms with van der Waals surface area (Å²) < 4.78 is 14.1. The summed E-state index contributed by atoms with van der Waals surface area (Å²) in [6.45, 7) is 4.90. The Kier molecular flexibility index (Phi) is 5.29. The van der Waals surface area contributed by atoms with Crippen molar-refractivity contribution in [1.29, 1.82) is 0 Å². The van der Waals surface area contributed by atoms with Crippen molar-refractivity contribution in [3.8, 4) is 0 Å². The van der Waals surface area contributed by atoms with E-state index >= 15 is 0 Å². The maximum atomic E-state index is 14.1. The van der Waals surface area contributed by atoms with E-state index in [0.717, 1.165) is 38.2 Å². The molecule has 0 aliphatic carbocycles. The molecule has 0 bridgehead atoms. The van der Waals surface area contributed by atoms with Gasteiger partial charge in [-0.05, 0) is 30.0 Å². The molecule has 1 aliphatic rings. The smallest absolute Gasteiger partial charge is 0.146 e. The number of benzene rings is 2. The average molecular weight is 312 g/mol. The third-order valence-electron chi connectivity index (χ3n) is 4.75. The summed E-state index contributed by atoms with van der Waals surface area (Å²) in [6.07, 6.45) is 2.29. The minimum absolute atomic E-state index is 0.119. The summed E-state index contributed by atoms with van der Waals surface area (Å²) in [5.74, 6) is 0.489. The van der Waals surface area contributed by atoms with Gasteiger partial charge in [-0.1, -0.05) is 55.8 Å². The Hall–Kier alpha value is -1.87. The van der Waals surface area contributed by atoms with Crippen molar-refractivity contribution in [3.05, 3.63) is 66.0 Å². The van der Waals surface area contributed by atoms with Crippen LogP contribution in [0.5, 0.6) is 0 Å². The summed E-state index contributed by atoms with van der Waals surface area (Å²) in [4.78, 5) is 2.20. The minimum Gasteiger partial charge on any atom is -0.367 e. The van der Waals surface area contributed by atoms with Crippen LogP contribution in [-0.2, 0) is 6.54 Å². The third kappa shape index (κ3) is 4.11. The van der Waals surface area contributed by atoms with Crippen LogP contribution in [0.25, 0.3) is 0 Å². The van der Waals surface area contributed by atoms with Gasteiger partial charge >= 0.3 is 0 Å². The number of nitrogens with zero attached hydrogens (tertiary/aromatic N) is 1. The first-order valence-electron chi connectivity index (χ1n) is 8.53. The number of anilines is 1. The van der Waals surface area contributed by atoms with Gasteiger partial charge in [0.1, 0.15) is 5.82 Å². The fourth-order valence-corrected chi connectivity index (χ4v) is 3.41. The largest absolute Gasteiger partial charge is 0.367 e. The molecule has 2 aromatic carbocycles. The summed E-state index contributed by atoms with van der Waals surface area (Å²) in [5, 5.41) is 3.66. The molecule has 0 radical (unpaired) electrons. The molecule has 122 valence electrons. The lowest BCUT2D eigenvalue weighted by Crippen LogP contribution is -2.49. The van der Waals surface area contributed by atoms with Crippen molar-refractivity contribution in [3.63, 3.8) is 0 Å². The maximum Gasteiger partial charge on any atom is 0.146 e. The fraction of sp³-hybridized carbons (Fsp3) is 0.400. The molecule has 1 heterocycles. The molecule has 0 aromatic heterocycles. The van der Waals surface area contributed by atoms with E-state index in [-0.39, 0.29) is 5.82 Å². The number of piperidine rings is 1. The second-order valence-corrected chi connectivity index (χ2v) is 6.43. The van der Waals surface area contributed by atoms with Crippen molar-refractivity contribution in [2.24, 2.45) is 5.92 Å². The first-order valence-corrected chi connectivity index (χ1v) is 8.53. The number of hydrogen-bond donors (Lipinski definition) is 1. The number of halogens is 1. The van der Waals surface area contributed by atoms with E-state index in [1.807, 2.05) is 18.2 Å². The van der Waals surface area contributed by atoms with Gasteiger partial charge in [-0.15, -0.1) is 0 Å². The van der Waals surface area contributed by atoms with Crippen LogP contribution in [0.15, 0.2) is 54.6 Å². The van der Waals surface area contributed by atoms with E-state index in [1.54, 1.807) is 12.1 Å². The molecule has 0 saturated carbocycles. The Labute approximate surface area is 138 Å². The molecular weight excluding hydrogens is 287 g/mol. The highest BCUT2D eigenvalue weighted by atomic mass is 19.1. The molecule has 0 amide bonds. The van der Waals surface area contributed by atoms with Crippen LogP contribution in [-0.4, -0.2) is 19.1 Å². The second kappa shape index (κ2) is 7.60. The van der Waals surface area contributed by atoms with Gasteiger partial charge in [0.15, 0.2) is 0 Å². The molecule has 2 unspecified atom stereocenters. The Bertz CT molecular complexity index is 614. The van der Waals surface area contributed by atoms with Gasteiger partial charge in [-0.3, -0.25) is 0 Å². The number of rotatable bonds is 5. The molecule has 3 rings (SSSR count). The molecule has 1 N–H and O–H groups in total. The molecule has 3 heteroatoms. The zero-order valence-corrected chi connectivity index (χ0v) is 13.7. The Balaban J connectivity index is 1.67. The van der Waals surface area contributed by atoms with Crippen LogP contribution in [0.1, 0.15) is 25.3 Å². The molecule has 1 fully saturated rings. The topological polar surface area (TPSA) is 15.3 Å². The van der Waals surface area contributed by atoms with Crippen molar-refractivity contribution in [1.82, 2.24) is 5.32 Å². The lowest BCUT2D eigenvalue weighted by atomic mass is 9.91. The van der Waals surface area contributed by atoms with Gasteiger partial charge in [-0.25, -0.2) is 4.39 Å². The summed E-state index contributed by atoms with van der Waals surface area (Å²) in [6, 6.07) is 18.0. The standard InChI is InChI=1S/C20H25FN2/c1-2-16-12-18(22-13-17-8-4-3-5-9-17)15-23(14-16)20-11-7-6-10-19(20)21/h3-11,16,18,22H,2,12-15H2,1H3. The van der Waals surface area contributed by atoms with Crippen molar-refractivity contribution in [2.45, 2.75) is 32.4 Å². The summed E-state index contributed by atoms with van der Waals surface area (Å²) in [5.41, 5.74) is 2.03. The van der Waals surface area contributed by atoms with Crippen LogP contribution >= 0.6 is 0 Å². The Morgan fingerprint density at radius 2 is 1.78 bits per heavy atom. The van der Waals surface area contributed by atoms with Crippen molar-refractivity contribution in [2.75, 3.05) is 18.0 Å². The van der Waals surface area contributed by atoms with E-state index < -0.39 is 0 Å². The van der Waals surface area contributed by atoms with Gasteiger partial charge < -0.3 is 10.2 Å². The summed E-state index contributed by atoms with van der Waals surface area (Å²) in [7, 11) is 0. The average Bonchev–Trinajstić information content (AvgIpc) is 2.61. The second-order valence-electron chi connectivity index (χ2n) is 6.43. The molecule has 1 saturated heterocycles. The predicted octanol–water partition coefficient (Wildman–Crippen LogP) is 4.22. The van der Waals surface area contributed by atoms with Crippen LogP contribution in [0.3, 0.4) is 0 Å². The van der Waals surface area contributed by atoms with Gasteiger partial charge in [0, 0.05) is 25.7 Å². The monoisotopic (exact) mass is 312 g/mol. The van der Waals surface area contributed by atoms with E-state index in [0.29, 0.717) is 12.0 Å². The Morgan fingerprint density at radius 3 is 2.52 bits per heavy atom. The number of para-hydroxylation sites is 1. The van der Waals surface area contributed by atoms with E-state index in [2.05, 4.69) is 41.4 Å². The van der Waals surface area contributed by atoms with Crippen LogP contribution < -0.4 is 10.2 Å². The molecule has 2 atom stereocenters. The highest BCUT2D eigenvalue weighted by molar-refractivity contribution is 5.48. The molecule has 2 aromatic rings. The third-order valence-corrected chi connectivity index (χ3v) is 4.75. The maximum absolute atomic E-state index is 14.1. The highest BCUT2D eigenvalue weighted by Gasteiger charge is 2.27. The molecule has 0 spiro atoms. The lowest BCUT2D eigenvalue weighted by molar-refractivity contribution is 0.324. The highest BCUT2D eigenvalue weighted by Crippen LogP contribution is 2.27. The molecular formula is C20H25FN2. The van der Waals surface area contributed by atoms with Gasteiger partial charge in [0.25, 0.3) is 0 Å². The van der Waals surface area contributed by atoms with Crippen molar-refractivity contribution >= 4 is 5.69 Å². The lowest BCUT2D eigenvalue weighted by Gasteiger charge is -2.39. The van der Waals surface area contributed by atoms with E-state index in [1.165, 1.54) is 5.56 Å². The van der Waals surface area contributed by atoms with Crippen molar-refractivity contribution < 1.29 is 4.39 Å². The predicted molar refractivity (Wildman–Crippen MR) is 94.1 cm³/mol. The molecule has 2 nitrogen and oxygen atoms in total. The quantitative estimate of drug-likeness (QED) is 0.889. The van der Waals surface area contributed by atoms with Crippen LogP contribution in [0.4, 0.5) is 10.1 Å². The molecule has 1 aliphatic heterocycles. The van der Waals surface area contributed by atoms with Crippen LogP contribution in [0.2, 0.25) is 0 Å². The minimum atomic E-state index is -0.119. The Morgan fingerprint density at radius 1 is 1.04 bits per heavy atom. The number of hydrogen-bond acceptors (Lipinski definition) is 2. The van der Waals surface area contributed by atoms with E-state index in [4.69, 9.17) is 0 Å². The van der Waals surface area contributed by atoms with Gasteiger partial charge in [-0.2, -0.15) is 0 Å². The van der Waals surface area contributed by atoms with E-state index in [9.17, 15) is 4.39 Å².